The Morgan fingerprint density at radius 1 is 1.09 bits per heavy atom. The molecule has 1 heterocycles. The highest BCUT2D eigenvalue weighted by atomic mass is 19.4. The van der Waals surface area contributed by atoms with Crippen LogP contribution in [-0.4, -0.2) is 17.3 Å². The molecule has 7 heteroatoms. The van der Waals surface area contributed by atoms with E-state index in [0.29, 0.717) is 18.0 Å². The molecule has 2 aromatic rings. The Hall–Kier alpha value is -2.28. The number of halogens is 4. The van der Waals surface area contributed by atoms with E-state index in [1.165, 1.54) is 30.3 Å². The van der Waals surface area contributed by atoms with Gasteiger partial charge in [-0.1, -0.05) is 12.1 Å². The zero-order chi connectivity index (χ0) is 16.3. The highest BCUT2D eigenvalue weighted by molar-refractivity contribution is 5.61. The molecule has 0 saturated heterocycles. The minimum atomic E-state index is -4.50. The number of hydrogen-bond acceptors (Lipinski definition) is 3. The first kappa shape index (κ1) is 16.1. The van der Waals surface area contributed by atoms with Gasteiger partial charge >= 0.3 is 6.18 Å². The average Bonchev–Trinajstić information content (AvgIpc) is 2.49. The van der Waals surface area contributed by atoms with Gasteiger partial charge < -0.3 is 10.5 Å². The van der Waals surface area contributed by atoms with Crippen molar-refractivity contribution in [2.75, 3.05) is 0 Å². The molecular formula is C15H12F4N2O. The van der Waals surface area contributed by atoms with Gasteiger partial charge in [-0.3, -0.25) is 4.98 Å². The number of nitrogens with two attached hydrogens (primary N) is 1. The summed E-state index contributed by atoms with van der Waals surface area (Å²) in [5.74, 6) is -1.22. The number of pyridine rings is 1. The fourth-order valence-electron chi connectivity index (χ4n) is 2.10. The number of hydrogen-bond donors (Lipinski definition) is 1. The van der Waals surface area contributed by atoms with E-state index in [1.54, 1.807) is 0 Å². The molecular weight excluding hydrogens is 300 g/mol. The Balaban J connectivity index is 2.42. The first-order chi connectivity index (χ1) is 10.3. The standard InChI is InChI=1S/C15H12F4N2O/c16-11-4-1-9(2-5-11)14(12(20)8-22)13-6-3-10(7-21-13)15(17,18)19/h1-8,12,14H,20H2. The van der Waals surface area contributed by atoms with Crippen LogP contribution in [0.2, 0.25) is 0 Å². The third-order valence-corrected chi connectivity index (χ3v) is 3.20. The lowest BCUT2D eigenvalue weighted by atomic mass is 9.89. The van der Waals surface area contributed by atoms with Gasteiger partial charge in [-0.05, 0) is 29.8 Å². The number of rotatable bonds is 4. The van der Waals surface area contributed by atoms with Crippen LogP contribution in [0.3, 0.4) is 0 Å². The summed E-state index contributed by atoms with van der Waals surface area (Å²) in [7, 11) is 0. The molecule has 2 atom stereocenters. The summed E-state index contributed by atoms with van der Waals surface area (Å²) >= 11 is 0. The van der Waals surface area contributed by atoms with Crippen LogP contribution in [-0.2, 0) is 11.0 Å². The maximum absolute atomic E-state index is 13.0. The summed E-state index contributed by atoms with van der Waals surface area (Å²) in [6, 6.07) is 6.24. The monoisotopic (exact) mass is 312 g/mol. The molecule has 116 valence electrons. The molecule has 1 aromatic carbocycles. The van der Waals surface area contributed by atoms with Gasteiger partial charge in [-0.2, -0.15) is 13.2 Å². The van der Waals surface area contributed by atoms with Crippen LogP contribution in [0.25, 0.3) is 0 Å². The van der Waals surface area contributed by atoms with E-state index in [2.05, 4.69) is 4.98 Å². The van der Waals surface area contributed by atoms with E-state index in [9.17, 15) is 22.4 Å². The normalized spacial score (nSPS) is 14.4. The van der Waals surface area contributed by atoms with Gasteiger partial charge in [-0.15, -0.1) is 0 Å². The first-order valence-corrected chi connectivity index (χ1v) is 6.32. The van der Waals surface area contributed by atoms with Crippen molar-refractivity contribution in [2.24, 2.45) is 5.73 Å². The van der Waals surface area contributed by atoms with Crippen molar-refractivity contribution >= 4 is 6.29 Å². The molecule has 0 spiro atoms. The first-order valence-electron chi connectivity index (χ1n) is 6.32. The Kier molecular flexibility index (Phi) is 4.56. The molecule has 0 aliphatic heterocycles. The SMILES string of the molecule is NC(C=O)C(c1ccc(F)cc1)c1ccc(C(F)(F)F)cn1. The molecule has 1 aromatic heterocycles. The summed E-state index contributed by atoms with van der Waals surface area (Å²) in [5.41, 5.74) is 5.53. The molecule has 0 bridgehead atoms. The van der Waals surface area contributed by atoms with Crippen LogP contribution in [0.1, 0.15) is 22.7 Å². The molecule has 22 heavy (non-hydrogen) atoms. The molecule has 2 rings (SSSR count). The fraction of sp³-hybridized carbons (Fsp3) is 0.200. The summed E-state index contributed by atoms with van der Waals surface area (Å²) < 4.78 is 50.6. The van der Waals surface area contributed by atoms with Crippen LogP contribution in [0, 0.1) is 5.82 Å². The van der Waals surface area contributed by atoms with Crippen molar-refractivity contribution in [3.8, 4) is 0 Å². The van der Waals surface area contributed by atoms with E-state index in [-0.39, 0.29) is 5.69 Å². The lowest BCUT2D eigenvalue weighted by molar-refractivity contribution is -0.137. The van der Waals surface area contributed by atoms with Crippen LogP contribution in [0.5, 0.6) is 0 Å². The second-order valence-electron chi connectivity index (χ2n) is 4.71. The molecule has 2 N–H and O–H groups in total. The zero-order valence-electron chi connectivity index (χ0n) is 11.2. The smallest absolute Gasteiger partial charge is 0.321 e. The molecule has 0 aliphatic carbocycles. The quantitative estimate of drug-likeness (QED) is 0.697. The molecule has 0 fully saturated rings. The van der Waals surface area contributed by atoms with Gasteiger partial charge in [0.15, 0.2) is 0 Å². The van der Waals surface area contributed by atoms with Crippen LogP contribution in [0.15, 0.2) is 42.6 Å². The minimum Gasteiger partial charge on any atom is -0.321 e. The van der Waals surface area contributed by atoms with E-state index in [4.69, 9.17) is 5.73 Å². The van der Waals surface area contributed by atoms with Crippen molar-refractivity contribution in [1.29, 1.82) is 0 Å². The molecule has 0 amide bonds. The van der Waals surface area contributed by atoms with Gasteiger partial charge in [0.2, 0.25) is 0 Å². The fourth-order valence-corrected chi connectivity index (χ4v) is 2.10. The van der Waals surface area contributed by atoms with Crippen molar-refractivity contribution < 1.29 is 22.4 Å². The number of carbonyl (C=O) groups excluding carboxylic acids is 1. The molecule has 0 radical (unpaired) electrons. The predicted octanol–water partition coefficient (Wildman–Crippen LogP) is 2.90. The van der Waals surface area contributed by atoms with Gasteiger partial charge in [0.05, 0.1) is 11.6 Å². The second kappa shape index (κ2) is 6.23. The van der Waals surface area contributed by atoms with Crippen LogP contribution < -0.4 is 5.73 Å². The average molecular weight is 312 g/mol. The van der Waals surface area contributed by atoms with E-state index < -0.39 is 29.5 Å². The van der Waals surface area contributed by atoms with E-state index in [1.807, 2.05) is 0 Å². The number of benzene rings is 1. The maximum Gasteiger partial charge on any atom is 0.417 e. The number of aromatic nitrogens is 1. The molecule has 3 nitrogen and oxygen atoms in total. The van der Waals surface area contributed by atoms with Gasteiger partial charge in [-0.25, -0.2) is 4.39 Å². The third-order valence-electron chi connectivity index (χ3n) is 3.20. The van der Waals surface area contributed by atoms with Gasteiger partial charge in [0, 0.05) is 17.8 Å². The summed E-state index contributed by atoms with van der Waals surface area (Å²) in [6.07, 6.45) is -3.33. The predicted molar refractivity (Wildman–Crippen MR) is 71.5 cm³/mol. The Morgan fingerprint density at radius 2 is 1.73 bits per heavy atom. The van der Waals surface area contributed by atoms with Crippen molar-refractivity contribution in [2.45, 2.75) is 18.1 Å². The summed E-state index contributed by atoms with van der Waals surface area (Å²) in [4.78, 5) is 14.7. The van der Waals surface area contributed by atoms with E-state index >= 15 is 0 Å². The second-order valence-corrected chi connectivity index (χ2v) is 4.71. The Labute approximate surface area is 123 Å². The highest BCUT2D eigenvalue weighted by Gasteiger charge is 2.31. The lowest BCUT2D eigenvalue weighted by Gasteiger charge is -2.20. The highest BCUT2D eigenvalue weighted by Crippen LogP contribution is 2.31. The number of alkyl halides is 3. The Morgan fingerprint density at radius 3 is 2.18 bits per heavy atom. The zero-order valence-corrected chi connectivity index (χ0v) is 11.2. The summed E-state index contributed by atoms with van der Waals surface area (Å²) in [6.45, 7) is 0. The Bertz CT molecular complexity index is 638. The largest absolute Gasteiger partial charge is 0.417 e. The third kappa shape index (κ3) is 3.48. The lowest BCUT2D eigenvalue weighted by Crippen LogP contribution is -2.31. The molecule has 0 aliphatic rings. The van der Waals surface area contributed by atoms with Crippen LogP contribution >= 0.6 is 0 Å². The maximum atomic E-state index is 13.0. The van der Waals surface area contributed by atoms with Crippen molar-refractivity contribution in [1.82, 2.24) is 4.98 Å². The molecule has 0 saturated carbocycles. The van der Waals surface area contributed by atoms with Gasteiger partial charge in [0.1, 0.15) is 12.1 Å². The van der Waals surface area contributed by atoms with Gasteiger partial charge in [0.25, 0.3) is 0 Å². The number of aldehydes is 1. The van der Waals surface area contributed by atoms with E-state index in [0.717, 1.165) is 6.07 Å². The topological polar surface area (TPSA) is 56.0 Å². The van der Waals surface area contributed by atoms with Crippen molar-refractivity contribution in [3.63, 3.8) is 0 Å². The van der Waals surface area contributed by atoms with Crippen LogP contribution in [0.4, 0.5) is 17.6 Å². The minimum absolute atomic E-state index is 0.208. The molecule has 2 unspecified atom stereocenters. The van der Waals surface area contributed by atoms with Crippen molar-refractivity contribution in [3.05, 3.63) is 65.2 Å². The summed E-state index contributed by atoms with van der Waals surface area (Å²) in [5, 5.41) is 0. The number of nitrogens with zero attached hydrogens (tertiary/aromatic N) is 1. The number of carbonyl (C=O) groups is 1.